The molecule has 4 heteroatoms. The number of hydrogen-bond donors (Lipinski definition) is 0. The van der Waals surface area contributed by atoms with Crippen LogP contribution in [0.1, 0.15) is 31.4 Å². The van der Waals surface area contributed by atoms with Crippen molar-refractivity contribution in [2.24, 2.45) is 0 Å². The highest BCUT2D eigenvalue weighted by molar-refractivity contribution is 9.08. The summed E-state index contributed by atoms with van der Waals surface area (Å²) in [6, 6.07) is 8.80. The van der Waals surface area contributed by atoms with E-state index in [-0.39, 0.29) is 6.10 Å². The van der Waals surface area contributed by atoms with Crippen LogP contribution in [0.3, 0.4) is 0 Å². The number of ether oxygens (including phenoxy) is 1. The van der Waals surface area contributed by atoms with E-state index < -0.39 is 0 Å². The van der Waals surface area contributed by atoms with E-state index in [0.717, 1.165) is 41.7 Å². The van der Waals surface area contributed by atoms with Gasteiger partial charge >= 0.3 is 0 Å². The van der Waals surface area contributed by atoms with Gasteiger partial charge in [0.05, 0.1) is 30.0 Å². The molecule has 1 saturated heterocycles. The first kappa shape index (κ1) is 14.4. The summed E-state index contributed by atoms with van der Waals surface area (Å²) in [5.74, 6) is 0. The second kappa shape index (κ2) is 6.40. The average molecular weight is 323 g/mol. The largest absolute Gasteiger partial charge is 0.375 e. The minimum absolute atomic E-state index is 0.213. The average Bonchev–Trinajstić information content (AvgIpc) is 2.46. The van der Waals surface area contributed by atoms with Gasteiger partial charge < -0.3 is 9.64 Å². The Labute approximate surface area is 123 Å². The molecule has 2 atom stereocenters. The summed E-state index contributed by atoms with van der Waals surface area (Å²) in [6.07, 6.45) is 1.24. The van der Waals surface area contributed by atoms with Crippen LogP contribution in [0.2, 0.25) is 0 Å². The first-order valence-electron chi connectivity index (χ1n) is 6.66. The predicted molar refractivity (Wildman–Crippen MR) is 80.6 cm³/mol. The van der Waals surface area contributed by atoms with Crippen molar-refractivity contribution in [1.82, 2.24) is 0 Å². The lowest BCUT2D eigenvalue weighted by Gasteiger charge is -2.40. The molecule has 19 heavy (non-hydrogen) atoms. The van der Waals surface area contributed by atoms with Crippen LogP contribution in [-0.4, -0.2) is 25.3 Å². The van der Waals surface area contributed by atoms with Crippen LogP contribution in [-0.2, 0) is 10.1 Å². The zero-order valence-electron chi connectivity index (χ0n) is 11.4. The Morgan fingerprint density at radius 1 is 1.53 bits per heavy atom. The molecule has 0 spiro atoms. The molecule has 0 aliphatic carbocycles. The number of rotatable bonds is 3. The number of alkyl halides is 1. The third kappa shape index (κ3) is 3.10. The molecule has 2 unspecified atom stereocenters. The molecule has 1 heterocycles. The van der Waals surface area contributed by atoms with Crippen LogP contribution in [0.15, 0.2) is 18.2 Å². The minimum atomic E-state index is 0.213. The topological polar surface area (TPSA) is 36.3 Å². The van der Waals surface area contributed by atoms with Crippen LogP contribution < -0.4 is 4.90 Å². The molecular formula is C15H19BrN2O. The maximum Gasteiger partial charge on any atom is 0.101 e. The second-order valence-corrected chi connectivity index (χ2v) is 5.52. The van der Waals surface area contributed by atoms with Crippen molar-refractivity contribution >= 4 is 21.6 Å². The summed E-state index contributed by atoms with van der Waals surface area (Å²) in [7, 11) is 0. The Morgan fingerprint density at radius 2 is 2.32 bits per heavy atom. The normalized spacial score (nSPS) is 23.2. The lowest BCUT2D eigenvalue weighted by atomic mass is 10.0. The number of nitriles is 1. The van der Waals surface area contributed by atoms with Gasteiger partial charge in [-0.15, -0.1) is 0 Å². The van der Waals surface area contributed by atoms with E-state index in [4.69, 9.17) is 4.74 Å². The van der Waals surface area contributed by atoms with Gasteiger partial charge in [-0.2, -0.15) is 5.26 Å². The van der Waals surface area contributed by atoms with Crippen molar-refractivity contribution < 1.29 is 4.74 Å². The molecular weight excluding hydrogens is 304 g/mol. The molecule has 0 bridgehead atoms. The Morgan fingerprint density at radius 3 is 2.95 bits per heavy atom. The van der Waals surface area contributed by atoms with Gasteiger partial charge in [-0.05, 0) is 31.0 Å². The van der Waals surface area contributed by atoms with E-state index in [9.17, 15) is 5.26 Å². The fourth-order valence-electron chi connectivity index (χ4n) is 2.48. The molecule has 0 amide bonds. The van der Waals surface area contributed by atoms with Crippen molar-refractivity contribution in [3.05, 3.63) is 29.3 Å². The van der Waals surface area contributed by atoms with Gasteiger partial charge in [0.2, 0.25) is 0 Å². The van der Waals surface area contributed by atoms with Crippen LogP contribution in [0.25, 0.3) is 0 Å². The fourth-order valence-corrected chi connectivity index (χ4v) is 2.83. The number of halogens is 1. The molecule has 0 radical (unpaired) electrons. The molecule has 1 aliphatic heterocycles. The highest BCUT2D eigenvalue weighted by Crippen LogP contribution is 2.28. The highest BCUT2D eigenvalue weighted by Gasteiger charge is 2.27. The third-order valence-corrected chi connectivity index (χ3v) is 4.23. The van der Waals surface area contributed by atoms with Crippen molar-refractivity contribution in [2.75, 3.05) is 18.1 Å². The van der Waals surface area contributed by atoms with Crippen LogP contribution in [0, 0.1) is 11.3 Å². The van der Waals surface area contributed by atoms with Gasteiger partial charge in [0.25, 0.3) is 0 Å². The zero-order chi connectivity index (χ0) is 13.8. The van der Waals surface area contributed by atoms with E-state index in [1.165, 1.54) is 0 Å². The number of hydrogen-bond acceptors (Lipinski definition) is 3. The van der Waals surface area contributed by atoms with E-state index >= 15 is 0 Å². The number of nitrogens with zero attached hydrogens (tertiary/aromatic N) is 2. The van der Waals surface area contributed by atoms with Gasteiger partial charge in [0.15, 0.2) is 0 Å². The van der Waals surface area contributed by atoms with Gasteiger partial charge in [0.1, 0.15) is 6.07 Å². The van der Waals surface area contributed by atoms with Crippen molar-refractivity contribution in [1.29, 1.82) is 5.26 Å². The van der Waals surface area contributed by atoms with Crippen molar-refractivity contribution in [2.45, 2.75) is 37.7 Å². The summed E-state index contributed by atoms with van der Waals surface area (Å²) >= 11 is 3.43. The zero-order valence-corrected chi connectivity index (χ0v) is 13.0. The smallest absolute Gasteiger partial charge is 0.101 e. The van der Waals surface area contributed by atoms with Crippen molar-refractivity contribution in [3.8, 4) is 6.07 Å². The fraction of sp³-hybridized carbons (Fsp3) is 0.533. The van der Waals surface area contributed by atoms with Crippen LogP contribution in [0.4, 0.5) is 5.69 Å². The summed E-state index contributed by atoms with van der Waals surface area (Å²) in [5.41, 5.74) is 2.92. The van der Waals surface area contributed by atoms with Crippen LogP contribution in [0.5, 0.6) is 0 Å². The Hall–Kier alpha value is -1.05. The maximum absolute atomic E-state index is 9.37. The number of benzene rings is 1. The number of morpholine rings is 1. The third-order valence-electron chi connectivity index (χ3n) is 3.58. The monoisotopic (exact) mass is 322 g/mol. The van der Waals surface area contributed by atoms with E-state index in [2.05, 4.69) is 52.9 Å². The van der Waals surface area contributed by atoms with E-state index in [0.29, 0.717) is 6.04 Å². The lowest BCUT2D eigenvalue weighted by Crippen LogP contribution is -2.49. The first-order valence-corrected chi connectivity index (χ1v) is 7.79. The Balaban J connectivity index is 2.36. The van der Waals surface area contributed by atoms with Gasteiger partial charge in [-0.3, -0.25) is 0 Å². The highest BCUT2D eigenvalue weighted by atomic mass is 79.9. The second-order valence-electron chi connectivity index (χ2n) is 4.96. The molecule has 1 aliphatic rings. The summed E-state index contributed by atoms with van der Waals surface area (Å²) < 4.78 is 5.72. The molecule has 1 aromatic rings. The Kier molecular flexibility index (Phi) is 4.84. The van der Waals surface area contributed by atoms with Gasteiger partial charge in [-0.1, -0.05) is 28.9 Å². The molecule has 0 aromatic heterocycles. The van der Waals surface area contributed by atoms with E-state index in [1.807, 2.05) is 6.07 Å². The summed E-state index contributed by atoms with van der Waals surface area (Å²) in [5, 5.41) is 10.1. The minimum Gasteiger partial charge on any atom is -0.375 e. The standard InChI is InChI=1S/C15H19BrN2O/c1-3-14-10-19-11(2)9-18(14)15-5-4-12(7-16)6-13(15)8-17/h4-6,11,14H,3,7,9-10H2,1-2H3. The molecule has 0 saturated carbocycles. The molecule has 102 valence electrons. The van der Waals surface area contributed by atoms with Gasteiger partial charge in [0, 0.05) is 11.9 Å². The number of anilines is 1. The van der Waals surface area contributed by atoms with Gasteiger partial charge in [-0.25, -0.2) is 0 Å². The van der Waals surface area contributed by atoms with E-state index in [1.54, 1.807) is 0 Å². The summed E-state index contributed by atoms with van der Waals surface area (Å²) in [6.45, 7) is 5.83. The quantitative estimate of drug-likeness (QED) is 0.799. The predicted octanol–water partition coefficient (Wildman–Crippen LogP) is 3.46. The van der Waals surface area contributed by atoms with Crippen LogP contribution >= 0.6 is 15.9 Å². The molecule has 0 N–H and O–H groups in total. The molecule has 1 fully saturated rings. The summed E-state index contributed by atoms with van der Waals surface area (Å²) in [4.78, 5) is 2.32. The SMILES string of the molecule is CCC1COC(C)CN1c1ccc(CBr)cc1C#N. The molecule has 3 nitrogen and oxygen atoms in total. The molecule has 1 aromatic carbocycles. The Bertz CT molecular complexity index is 484. The molecule has 2 rings (SSSR count). The maximum atomic E-state index is 9.37. The first-order chi connectivity index (χ1) is 9.19. The lowest BCUT2D eigenvalue weighted by molar-refractivity contribution is 0.0299. The van der Waals surface area contributed by atoms with Crippen molar-refractivity contribution in [3.63, 3.8) is 0 Å².